The third-order valence-electron chi connectivity index (χ3n) is 4.86. The van der Waals surface area contributed by atoms with E-state index in [0.29, 0.717) is 24.3 Å². The summed E-state index contributed by atoms with van der Waals surface area (Å²) in [6.07, 6.45) is 5.18. The lowest BCUT2D eigenvalue weighted by Crippen LogP contribution is -2.33. The van der Waals surface area contributed by atoms with Crippen molar-refractivity contribution in [2.75, 3.05) is 36.5 Å². The predicted octanol–water partition coefficient (Wildman–Crippen LogP) is 1.86. The molecule has 2 heterocycles. The molecule has 3 rings (SSSR count). The maximum absolute atomic E-state index is 12.9. The molecular weight excluding hydrogens is 392 g/mol. The van der Waals surface area contributed by atoms with Gasteiger partial charge in [0, 0.05) is 44.3 Å². The monoisotopic (exact) mass is 418 g/mol. The van der Waals surface area contributed by atoms with Gasteiger partial charge in [-0.2, -0.15) is 4.31 Å². The summed E-state index contributed by atoms with van der Waals surface area (Å²) >= 11 is 0. The van der Waals surface area contributed by atoms with Crippen molar-refractivity contribution in [1.29, 1.82) is 0 Å². The van der Waals surface area contributed by atoms with Gasteiger partial charge in [-0.3, -0.25) is 15.6 Å². The molecule has 1 aromatic carbocycles. The molecule has 156 valence electrons. The molecule has 1 fully saturated rings. The smallest absolute Gasteiger partial charge is 0.271 e. The maximum Gasteiger partial charge on any atom is 0.271 e. The van der Waals surface area contributed by atoms with E-state index >= 15 is 0 Å². The summed E-state index contributed by atoms with van der Waals surface area (Å²) in [5.74, 6) is -0.202. The van der Waals surface area contributed by atoms with E-state index in [1.807, 2.05) is 0 Å². The first kappa shape index (κ1) is 21.0. The summed E-state index contributed by atoms with van der Waals surface area (Å²) < 4.78 is 27.2. The number of rotatable bonds is 8. The zero-order valence-corrected chi connectivity index (χ0v) is 17.4. The summed E-state index contributed by atoms with van der Waals surface area (Å²) in [4.78, 5) is 23.1. The number of aromatic nitrogens is 2. The number of nitrogens with one attached hydrogen (secondary N) is 2. The van der Waals surface area contributed by atoms with Crippen LogP contribution in [0.25, 0.3) is 0 Å². The van der Waals surface area contributed by atoms with Gasteiger partial charge in [-0.25, -0.2) is 18.4 Å². The molecule has 29 heavy (non-hydrogen) atoms. The Hall–Kier alpha value is -2.72. The molecule has 1 amide bonds. The van der Waals surface area contributed by atoms with Crippen LogP contribution in [0.1, 0.15) is 37.0 Å². The molecule has 1 aliphatic heterocycles. The minimum Gasteiger partial charge on any atom is -0.371 e. The topological polar surface area (TPSA) is 108 Å². The van der Waals surface area contributed by atoms with Crippen molar-refractivity contribution < 1.29 is 13.2 Å². The van der Waals surface area contributed by atoms with Crippen LogP contribution in [-0.2, 0) is 10.0 Å². The van der Waals surface area contributed by atoms with Gasteiger partial charge in [-0.05, 0) is 37.1 Å². The lowest BCUT2D eigenvalue weighted by atomic mass is 10.1. The summed E-state index contributed by atoms with van der Waals surface area (Å²) in [6, 6.07) is 6.41. The van der Waals surface area contributed by atoms with E-state index in [0.717, 1.165) is 25.9 Å². The van der Waals surface area contributed by atoms with Gasteiger partial charge in [-0.15, -0.1) is 0 Å². The quantitative estimate of drug-likeness (QED) is 0.630. The lowest BCUT2D eigenvalue weighted by molar-refractivity contribution is 0.0962. The van der Waals surface area contributed by atoms with Crippen molar-refractivity contribution in [3.8, 4) is 0 Å². The number of carbonyl (C=O) groups excluding carboxylic acids is 1. The second kappa shape index (κ2) is 9.19. The number of sulfonamides is 1. The van der Waals surface area contributed by atoms with E-state index in [1.54, 1.807) is 44.4 Å². The SMILES string of the molecule is CCN(CC)S(=O)(=O)c1ccc(N2CCCC2)c(C(=O)NNc2ncccn2)c1. The normalized spacial score (nSPS) is 14.2. The van der Waals surface area contributed by atoms with Crippen molar-refractivity contribution in [3.05, 3.63) is 42.2 Å². The van der Waals surface area contributed by atoms with Gasteiger partial charge < -0.3 is 4.90 Å². The first-order valence-corrected chi connectivity index (χ1v) is 11.1. The Balaban J connectivity index is 1.93. The summed E-state index contributed by atoms with van der Waals surface area (Å²) in [5, 5.41) is 0. The fraction of sp³-hybridized carbons (Fsp3) is 0.421. The largest absolute Gasteiger partial charge is 0.371 e. The first-order chi connectivity index (χ1) is 14.0. The van der Waals surface area contributed by atoms with E-state index in [4.69, 9.17) is 0 Å². The molecule has 1 aliphatic rings. The van der Waals surface area contributed by atoms with Gasteiger partial charge in [0.2, 0.25) is 16.0 Å². The summed E-state index contributed by atoms with van der Waals surface area (Å²) in [6.45, 7) is 5.96. The van der Waals surface area contributed by atoms with Crippen LogP contribution in [0.15, 0.2) is 41.6 Å². The molecule has 2 aromatic rings. The average molecular weight is 419 g/mol. The number of hydrogen-bond donors (Lipinski definition) is 2. The molecule has 0 saturated carbocycles. The van der Waals surface area contributed by atoms with Crippen LogP contribution in [0.2, 0.25) is 0 Å². The van der Waals surface area contributed by atoms with Gasteiger partial charge in [0.05, 0.1) is 10.5 Å². The third kappa shape index (κ3) is 4.65. The van der Waals surface area contributed by atoms with E-state index in [1.165, 1.54) is 10.4 Å². The molecule has 2 N–H and O–H groups in total. The molecule has 0 spiro atoms. The van der Waals surface area contributed by atoms with E-state index in [2.05, 4.69) is 25.7 Å². The molecule has 0 atom stereocenters. The maximum atomic E-state index is 12.9. The van der Waals surface area contributed by atoms with Gasteiger partial charge in [0.1, 0.15) is 0 Å². The molecule has 1 saturated heterocycles. The molecule has 0 unspecified atom stereocenters. The second-order valence-corrected chi connectivity index (χ2v) is 8.55. The molecular formula is C19H26N6O3S. The van der Waals surface area contributed by atoms with Gasteiger partial charge in [-0.1, -0.05) is 13.8 Å². The number of benzene rings is 1. The van der Waals surface area contributed by atoms with Crippen molar-refractivity contribution in [2.24, 2.45) is 0 Å². The zero-order valence-electron chi connectivity index (χ0n) is 16.6. The summed E-state index contributed by atoms with van der Waals surface area (Å²) in [7, 11) is -3.67. The Bertz CT molecular complexity index is 942. The molecule has 9 nitrogen and oxygen atoms in total. The zero-order chi connectivity index (χ0) is 20.9. The van der Waals surface area contributed by atoms with Crippen LogP contribution in [-0.4, -0.2) is 54.8 Å². The highest BCUT2D eigenvalue weighted by Crippen LogP contribution is 2.28. The van der Waals surface area contributed by atoms with Crippen LogP contribution in [0.5, 0.6) is 0 Å². The standard InChI is InChI=1S/C19H26N6O3S/c1-3-25(4-2)29(27,28)15-8-9-17(24-12-5-6-13-24)16(14-15)18(26)22-23-19-20-10-7-11-21-19/h7-11,14H,3-6,12-13H2,1-2H3,(H,22,26)(H,20,21,23). The summed E-state index contributed by atoms with van der Waals surface area (Å²) in [5.41, 5.74) is 6.24. The van der Waals surface area contributed by atoms with Gasteiger partial charge >= 0.3 is 0 Å². The first-order valence-electron chi connectivity index (χ1n) is 9.70. The van der Waals surface area contributed by atoms with Crippen LogP contribution >= 0.6 is 0 Å². The highest BCUT2D eigenvalue weighted by molar-refractivity contribution is 7.89. The fourth-order valence-electron chi connectivity index (χ4n) is 3.35. The van der Waals surface area contributed by atoms with Crippen LogP contribution < -0.4 is 15.8 Å². The number of nitrogens with zero attached hydrogens (tertiary/aromatic N) is 4. The molecule has 1 aromatic heterocycles. The number of hydrogen-bond acceptors (Lipinski definition) is 7. The van der Waals surface area contributed by atoms with E-state index in [-0.39, 0.29) is 10.8 Å². The fourth-order valence-corrected chi connectivity index (χ4v) is 4.83. The van der Waals surface area contributed by atoms with Crippen LogP contribution in [0, 0.1) is 0 Å². The van der Waals surface area contributed by atoms with Crippen molar-refractivity contribution in [1.82, 2.24) is 19.7 Å². The Kier molecular flexibility index (Phi) is 6.65. The number of carbonyl (C=O) groups is 1. The Morgan fingerprint density at radius 1 is 1.14 bits per heavy atom. The Morgan fingerprint density at radius 2 is 1.79 bits per heavy atom. The van der Waals surface area contributed by atoms with Crippen molar-refractivity contribution >= 4 is 27.6 Å². The van der Waals surface area contributed by atoms with Gasteiger partial charge in [0.15, 0.2) is 0 Å². The lowest BCUT2D eigenvalue weighted by Gasteiger charge is -2.23. The molecule has 0 bridgehead atoms. The number of amides is 1. The highest BCUT2D eigenvalue weighted by atomic mass is 32.2. The highest BCUT2D eigenvalue weighted by Gasteiger charge is 2.26. The Morgan fingerprint density at radius 3 is 2.41 bits per heavy atom. The van der Waals surface area contributed by atoms with Crippen LogP contribution in [0.3, 0.4) is 0 Å². The minimum atomic E-state index is -3.67. The second-order valence-electron chi connectivity index (χ2n) is 6.61. The molecule has 0 radical (unpaired) electrons. The van der Waals surface area contributed by atoms with Gasteiger partial charge in [0.25, 0.3) is 5.91 Å². The third-order valence-corrected chi connectivity index (χ3v) is 6.90. The van der Waals surface area contributed by atoms with E-state index < -0.39 is 15.9 Å². The van der Waals surface area contributed by atoms with Crippen molar-refractivity contribution in [2.45, 2.75) is 31.6 Å². The van der Waals surface area contributed by atoms with Crippen LogP contribution in [0.4, 0.5) is 11.6 Å². The number of hydrazine groups is 1. The Labute approximate surface area is 171 Å². The molecule has 0 aliphatic carbocycles. The average Bonchev–Trinajstić information content (AvgIpc) is 3.27. The van der Waals surface area contributed by atoms with E-state index in [9.17, 15) is 13.2 Å². The molecule has 10 heteroatoms. The van der Waals surface area contributed by atoms with Crippen molar-refractivity contribution in [3.63, 3.8) is 0 Å². The number of anilines is 2. The predicted molar refractivity (Wildman–Crippen MR) is 111 cm³/mol. The minimum absolute atomic E-state index is 0.102.